The summed E-state index contributed by atoms with van der Waals surface area (Å²) in [7, 11) is 0. The number of fused-ring (bicyclic) bond motifs is 1. The van der Waals surface area contributed by atoms with E-state index in [2.05, 4.69) is 20.8 Å². The van der Waals surface area contributed by atoms with Crippen LogP contribution in [0.15, 0.2) is 47.6 Å². The van der Waals surface area contributed by atoms with Crippen molar-refractivity contribution in [1.82, 2.24) is 20.2 Å². The van der Waals surface area contributed by atoms with Crippen LogP contribution in [0.1, 0.15) is 5.56 Å². The first kappa shape index (κ1) is 17.3. The van der Waals surface area contributed by atoms with E-state index in [1.807, 2.05) is 49.4 Å². The number of anilines is 1. The van der Waals surface area contributed by atoms with Gasteiger partial charge in [0.15, 0.2) is 11.5 Å². The van der Waals surface area contributed by atoms with Crippen LogP contribution in [0.5, 0.6) is 11.5 Å². The largest absolute Gasteiger partial charge is 0.486 e. The third kappa shape index (κ3) is 3.87. The van der Waals surface area contributed by atoms with Crippen LogP contribution >= 0.6 is 11.8 Å². The second kappa shape index (κ2) is 7.67. The Morgan fingerprint density at radius 3 is 2.85 bits per heavy atom. The van der Waals surface area contributed by atoms with Gasteiger partial charge in [-0.2, -0.15) is 4.68 Å². The number of benzene rings is 2. The van der Waals surface area contributed by atoms with Crippen LogP contribution in [0.3, 0.4) is 0 Å². The maximum atomic E-state index is 12.3. The third-order valence-electron chi connectivity index (χ3n) is 3.96. The highest BCUT2D eigenvalue weighted by Crippen LogP contribution is 2.32. The van der Waals surface area contributed by atoms with Gasteiger partial charge in [-0.05, 0) is 41.1 Å². The minimum atomic E-state index is -0.119. The van der Waals surface area contributed by atoms with Crippen LogP contribution in [-0.2, 0) is 4.79 Å². The number of nitrogens with zero attached hydrogens (tertiary/aromatic N) is 4. The first-order valence-corrected chi connectivity index (χ1v) is 9.36. The number of amides is 1. The molecule has 0 saturated heterocycles. The van der Waals surface area contributed by atoms with Gasteiger partial charge in [-0.1, -0.05) is 30.0 Å². The van der Waals surface area contributed by atoms with Crippen molar-refractivity contribution in [2.75, 3.05) is 24.3 Å². The molecule has 0 aliphatic carbocycles. The second-order valence-electron chi connectivity index (χ2n) is 5.85. The molecule has 1 aliphatic rings. The van der Waals surface area contributed by atoms with E-state index in [9.17, 15) is 4.79 Å². The highest BCUT2D eigenvalue weighted by atomic mass is 32.2. The monoisotopic (exact) mass is 383 g/mol. The molecule has 8 nitrogen and oxygen atoms in total. The molecular formula is C18H17N5O3S. The molecule has 0 radical (unpaired) electrons. The quantitative estimate of drug-likeness (QED) is 0.677. The van der Waals surface area contributed by atoms with E-state index < -0.39 is 0 Å². The number of aryl methyl sites for hydroxylation is 1. The number of carbonyl (C=O) groups is 1. The molecule has 138 valence electrons. The Balaban J connectivity index is 1.45. The zero-order chi connectivity index (χ0) is 18.6. The van der Waals surface area contributed by atoms with Gasteiger partial charge in [0, 0.05) is 11.8 Å². The van der Waals surface area contributed by atoms with Gasteiger partial charge in [0.2, 0.25) is 11.1 Å². The summed E-state index contributed by atoms with van der Waals surface area (Å²) in [5, 5.41) is 15.2. The van der Waals surface area contributed by atoms with Crippen molar-refractivity contribution in [1.29, 1.82) is 0 Å². The van der Waals surface area contributed by atoms with Gasteiger partial charge in [0.1, 0.15) is 13.2 Å². The lowest BCUT2D eigenvalue weighted by Gasteiger charge is -2.18. The predicted molar refractivity (Wildman–Crippen MR) is 101 cm³/mol. The van der Waals surface area contributed by atoms with Crippen molar-refractivity contribution in [2.45, 2.75) is 12.1 Å². The Bertz CT molecular complexity index is 975. The first-order valence-electron chi connectivity index (χ1n) is 8.37. The minimum Gasteiger partial charge on any atom is -0.486 e. The molecular weight excluding hydrogens is 366 g/mol. The molecule has 4 rings (SSSR count). The van der Waals surface area contributed by atoms with E-state index >= 15 is 0 Å². The molecule has 1 amide bonds. The molecule has 0 atom stereocenters. The smallest absolute Gasteiger partial charge is 0.234 e. The Labute approximate surface area is 159 Å². The summed E-state index contributed by atoms with van der Waals surface area (Å²) in [4.78, 5) is 12.3. The fourth-order valence-corrected chi connectivity index (χ4v) is 3.32. The van der Waals surface area contributed by atoms with Gasteiger partial charge < -0.3 is 14.8 Å². The van der Waals surface area contributed by atoms with Gasteiger partial charge in [0.25, 0.3) is 0 Å². The van der Waals surface area contributed by atoms with Crippen molar-refractivity contribution >= 4 is 23.4 Å². The molecule has 27 heavy (non-hydrogen) atoms. The van der Waals surface area contributed by atoms with E-state index in [-0.39, 0.29) is 11.7 Å². The number of nitrogens with one attached hydrogen (secondary N) is 1. The zero-order valence-electron chi connectivity index (χ0n) is 14.6. The fourth-order valence-electron chi connectivity index (χ4n) is 2.62. The molecule has 1 N–H and O–H groups in total. The number of tetrazole rings is 1. The maximum absolute atomic E-state index is 12.3. The number of hydrogen-bond acceptors (Lipinski definition) is 7. The van der Waals surface area contributed by atoms with Gasteiger partial charge in [-0.25, -0.2) is 0 Å². The fraction of sp³-hybridized carbons (Fsp3) is 0.222. The lowest BCUT2D eigenvalue weighted by molar-refractivity contribution is -0.113. The molecule has 1 aliphatic heterocycles. The number of thioether (sulfide) groups is 1. The van der Waals surface area contributed by atoms with Crippen LogP contribution < -0.4 is 14.8 Å². The lowest BCUT2D eigenvalue weighted by atomic mass is 10.2. The van der Waals surface area contributed by atoms with E-state index in [1.54, 1.807) is 4.68 Å². The van der Waals surface area contributed by atoms with Crippen molar-refractivity contribution in [3.63, 3.8) is 0 Å². The Morgan fingerprint density at radius 2 is 2.00 bits per heavy atom. The number of carbonyl (C=O) groups excluding carboxylic acids is 1. The molecule has 9 heteroatoms. The molecule has 0 bridgehead atoms. The molecule has 0 unspecified atom stereocenters. The summed E-state index contributed by atoms with van der Waals surface area (Å²) in [5.41, 5.74) is 2.55. The van der Waals surface area contributed by atoms with Crippen LogP contribution in [0.4, 0.5) is 5.69 Å². The minimum absolute atomic E-state index is 0.119. The first-order chi connectivity index (χ1) is 13.2. The van der Waals surface area contributed by atoms with E-state index in [4.69, 9.17) is 9.47 Å². The number of para-hydroxylation sites is 1. The van der Waals surface area contributed by atoms with E-state index in [0.717, 1.165) is 16.9 Å². The molecule has 0 spiro atoms. The SMILES string of the molecule is Cc1ccccc1NC(=O)CSc1nnnn1-c1ccc2c(c1)OCCO2. The standard InChI is InChI=1S/C18H17N5O3S/c1-12-4-2-3-5-14(12)19-17(24)11-27-18-20-21-22-23(18)13-6-7-15-16(10-13)26-9-8-25-15/h2-7,10H,8-9,11H2,1H3,(H,19,24). The topological polar surface area (TPSA) is 91.2 Å². The summed E-state index contributed by atoms with van der Waals surface area (Å²) in [6.45, 7) is 2.99. The summed E-state index contributed by atoms with van der Waals surface area (Å²) in [6.07, 6.45) is 0. The summed E-state index contributed by atoms with van der Waals surface area (Å²) in [5.74, 6) is 1.43. The summed E-state index contributed by atoms with van der Waals surface area (Å²) < 4.78 is 12.7. The van der Waals surface area contributed by atoms with Crippen LogP contribution in [0.25, 0.3) is 5.69 Å². The predicted octanol–water partition coefficient (Wildman–Crippen LogP) is 2.47. The molecule has 1 aromatic heterocycles. The van der Waals surface area contributed by atoms with Gasteiger partial charge in [-0.15, -0.1) is 5.10 Å². The zero-order valence-corrected chi connectivity index (χ0v) is 15.4. The average molecular weight is 383 g/mol. The number of aromatic nitrogens is 4. The van der Waals surface area contributed by atoms with Crippen LogP contribution in [-0.4, -0.2) is 45.1 Å². The van der Waals surface area contributed by atoms with Gasteiger partial charge in [0.05, 0.1) is 11.4 Å². The van der Waals surface area contributed by atoms with Gasteiger partial charge >= 0.3 is 0 Å². The van der Waals surface area contributed by atoms with Crippen LogP contribution in [0, 0.1) is 6.92 Å². The normalized spacial score (nSPS) is 12.6. The van der Waals surface area contributed by atoms with Gasteiger partial charge in [-0.3, -0.25) is 4.79 Å². The Kier molecular flexibility index (Phi) is 4.93. The summed E-state index contributed by atoms with van der Waals surface area (Å²) in [6, 6.07) is 13.1. The Morgan fingerprint density at radius 1 is 1.19 bits per heavy atom. The van der Waals surface area contributed by atoms with Crippen LogP contribution in [0.2, 0.25) is 0 Å². The van der Waals surface area contributed by atoms with Crippen molar-refractivity contribution < 1.29 is 14.3 Å². The maximum Gasteiger partial charge on any atom is 0.234 e. The highest BCUT2D eigenvalue weighted by molar-refractivity contribution is 7.99. The summed E-state index contributed by atoms with van der Waals surface area (Å²) >= 11 is 1.26. The molecule has 2 heterocycles. The molecule has 2 aromatic carbocycles. The van der Waals surface area contributed by atoms with Crippen molar-refractivity contribution in [3.05, 3.63) is 48.0 Å². The average Bonchev–Trinajstić information content (AvgIpc) is 3.16. The Hall–Kier alpha value is -3.07. The molecule has 3 aromatic rings. The lowest BCUT2D eigenvalue weighted by Crippen LogP contribution is -2.16. The number of rotatable bonds is 5. The molecule has 0 saturated carbocycles. The number of ether oxygens (including phenoxy) is 2. The van der Waals surface area contributed by atoms with Crippen molar-refractivity contribution in [3.8, 4) is 17.2 Å². The second-order valence-corrected chi connectivity index (χ2v) is 6.80. The molecule has 0 fully saturated rings. The van der Waals surface area contributed by atoms with E-state index in [1.165, 1.54) is 11.8 Å². The highest BCUT2D eigenvalue weighted by Gasteiger charge is 2.16. The number of hydrogen-bond donors (Lipinski definition) is 1. The van der Waals surface area contributed by atoms with Crippen molar-refractivity contribution in [2.24, 2.45) is 0 Å². The van der Waals surface area contributed by atoms with E-state index in [0.29, 0.717) is 29.9 Å². The third-order valence-corrected chi connectivity index (χ3v) is 4.88.